The Balaban J connectivity index is 3.27. The standard InChI is InChI=1S/C21H31N3/c1-7-24-13-17(12-22)11-20(15(4)5)21(23)18-9-8-16(6)10-19(18)14(2)3/h8-10,12-14,22-24H,7,11H2,1-6H3/b17-13-,22-12?,23-21?. The third kappa shape index (κ3) is 5.19. The lowest BCUT2D eigenvalue weighted by Crippen LogP contribution is -2.12. The zero-order valence-electron chi connectivity index (χ0n) is 15.9. The first-order valence-corrected chi connectivity index (χ1v) is 8.60. The zero-order valence-corrected chi connectivity index (χ0v) is 15.9. The lowest BCUT2D eigenvalue weighted by Gasteiger charge is -2.18. The van der Waals surface area contributed by atoms with Crippen LogP contribution < -0.4 is 5.32 Å². The van der Waals surface area contributed by atoms with Crippen LogP contribution in [0.25, 0.3) is 0 Å². The van der Waals surface area contributed by atoms with Gasteiger partial charge in [0.25, 0.3) is 0 Å². The van der Waals surface area contributed by atoms with Crippen molar-refractivity contribution in [1.29, 1.82) is 10.8 Å². The molecule has 0 unspecified atom stereocenters. The molecule has 0 fully saturated rings. The molecule has 1 aromatic rings. The summed E-state index contributed by atoms with van der Waals surface area (Å²) >= 11 is 0. The molecule has 24 heavy (non-hydrogen) atoms. The number of benzene rings is 1. The Morgan fingerprint density at radius 3 is 2.42 bits per heavy atom. The second-order valence-corrected chi connectivity index (χ2v) is 6.70. The molecule has 3 heteroatoms. The van der Waals surface area contributed by atoms with E-state index in [4.69, 9.17) is 10.8 Å². The van der Waals surface area contributed by atoms with Gasteiger partial charge in [-0.05, 0) is 50.3 Å². The van der Waals surface area contributed by atoms with Gasteiger partial charge in [-0.15, -0.1) is 0 Å². The van der Waals surface area contributed by atoms with Gasteiger partial charge < -0.3 is 10.7 Å². The summed E-state index contributed by atoms with van der Waals surface area (Å²) in [7, 11) is 0. The number of rotatable bonds is 8. The summed E-state index contributed by atoms with van der Waals surface area (Å²) in [6.45, 7) is 13.4. The van der Waals surface area contributed by atoms with E-state index < -0.39 is 0 Å². The molecule has 0 aliphatic heterocycles. The van der Waals surface area contributed by atoms with E-state index >= 15 is 0 Å². The Bertz CT molecular complexity index is 660. The van der Waals surface area contributed by atoms with Gasteiger partial charge in [-0.2, -0.15) is 0 Å². The van der Waals surface area contributed by atoms with Gasteiger partial charge in [0.15, 0.2) is 0 Å². The summed E-state index contributed by atoms with van der Waals surface area (Å²) in [6, 6.07) is 6.32. The Morgan fingerprint density at radius 2 is 1.92 bits per heavy atom. The van der Waals surface area contributed by atoms with E-state index in [9.17, 15) is 0 Å². The first-order valence-electron chi connectivity index (χ1n) is 8.60. The van der Waals surface area contributed by atoms with E-state index in [0.29, 0.717) is 18.1 Å². The molecule has 3 nitrogen and oxygen atoms in total. The molecule has 0 atom stereocenters. The summed E-state index contributed by atoms with van der Waals surface area (Å²) in [6.07, 6.45) is 3.85. The molecule has 0 bridgehead atoms. The van der Waals surface area contributed by atoms with Crippen LogP contribution in [0.4, 0.5) is 0 Å². The lowest BCUT2D eigenvalue weighted by atomic mass is 9.87. The molecule has 1 aromatic carbocycles. The largest absolute Gasteiger partial charge is 0.391 e. The van der Waals surface area contributed by atoms with Gasteiger partial charge in [-0.3, -0.25) is 5.41 Å². The fourth-order valence-corrected chi connectivity index (χ4v) is 2.65. The van der Waals surface area contributed by atoms with Crippen molar-refractivity contribution in [3.63, 3.8) is 0 Å². The molecular weight excluding hydrogens is 294 g/mol. The number of hydrogen-bond acceptors (Lipinski definition) is 3. The van der Waals surface area contributed by atoms with E-state index in [-0.39, 0.29) is 0 Å². The monoisotopic (exact) mass is 325 g/mol. The second-order valence-electron chi connectivity index (χ2n) is 6.70. The molecule has 0 aliphatic carbocycles. The van der Waals surface area contributed by atoms with E-state index in [1.807, 2.05) is 27.0 Å². The van der Waals surface area contributed by atoms with E-state index in [1.165, 1.54) is 17.3 Å². The molecule has 0 aromatic heterocycles. The highest BCUT2D eigenvalue weighted by Crippen LogP contribution is 2.26. The van der Waals surface area contributed by atoms with Crippen LogP contribution in [0, 0.1) is 17.7 Å². The van der Waals surface area contributed by atoms with Crippen LogP contribution in [0.1, 0.15) is 63.6 Å². The van der Waals surface area contributed by atoms with Crippen molar-refractivity contribution in [2.75, 3.05) is 6.54 Å². The molecule has 0 amide bonds. The van der Waals surface area contributed by atoms with Crippen molar-refractivity contribution in [1.82, 2.24) is 5.32 Å². The molecule has 1 rings (SSSR count). The maximum Gasteiger partial charge on any atom is 0.0649 e. The summed E-state index contributed by atoms with van der Waals surface area (Å²) in [4.78, 5) is 0. The molecule has 0 heterocycles. The predicted octanol–water partition coefficient (Wildman–Crippen LogP) is 5.36. The molecule has 3 N–H and O–H groups in total. The minimum Gasteiger partial charge on any atom is -0.391 e. The van der Waals surface area contributed by atoms with Crippen molar-refractivity contribution < 1.29 is 0 Å². The maximum atomic E-state index is 8.79. The van der Waals surface area contributed by atoms with Gasteiger partial charge in [0, 0.05) is 30.9 Å². The highest BCUT2D eigenvalue weighted by atomic mass is 14.8. The van der Waals surface area contributed by atoms with Gasteiger partial charge in [0.05, 0.1) is 5.71 Å². The van der Waals surface area contributed by atoms with Crippen LogP contribution in [0.2, 0.25) is 0 Å². The third-order valence-corrected chi connectivity index (χ3v) is 4.06. The Kier molecular flexibility index (Phi) is 7.63. The Morgan fingerprint density at radius 1 is 1.25 bits per heavy atom. The molecule has 130 valence electrons. The quantitative estimate of drug-likeness (QED) is 0.554. The average Bonchev–Trinajstić information content (AvgIpc) is 2.54. The summed E-state index contributed by atoms with van der Waals surface area (Å²) < 4.78 is 0. The van der Waals surface area contributed by atoms with E-state index in [0.717, 1.165) is 28.8 Å². The number of aryl methyl sites for hydroxylation is 1. The van der Waals surface area contributed by atoms with Gasteiger partial charge >= 0.3 is 0 Å². The van der Waals surface area contributed by atoms with Gasteiger partial charge in [-0.1, -0.05) is 43.2 Å². The zero-order chi connectivity index (χ0) is 18.3. The summed E-state index contributed by atoms with van der Waals surface area (Å²) in [5, 5.41) is 19.6. The molecule has 0 aliphatic rings. The highest BCUT2D eigenvalue weighted by molar-refractivity contribution is 6.12. The third-order valence-electron chi connectivity index (χ3n) is 4.06. The number of nitrogens with one attached hydrogen (secondary N) is 3. The van der Waals surface area contributed by atoms with Gasteiger partial charge in [0.1, 0.15) is 0 Å². The van der Waals surface area contributed by atoms with Crippen molar-refractivity contribution in [3.8, 4) is 0 Å². The number of allylic oxidation sites excluding steroid dienone is 3. The SMILES string of the molecule is CCN/C=C(\C=N)CC(C(=N)c1ccc(C)cc1C(C)C)=C(C)C. The smallest absolute Gasteiger partial charge is 0.0649 e. The Labute approximate surface area is 146 Å². The van der Waals surface area contributed by atoms with Crippen molar-refractivity contribution in [2.45, 2.75) is 53.9 Å². The molecule has 0 spiro atoms. The maximum absolute atomic E-state index is 8.79. The van der Waals surface area contributed by atoms with Crippen LogP contribution in [0.3, 0.4) is 0 Å². The molecular formula is C21H31N3. The normalized spacial score (nSPS) is 11.4. The minimum atomic E-state index is 0.373. The van der Waals surface area contributed by atoms with Crippen LogP contribution in [0.15, 0.2) is 41.1 Å². The summed E-state index contributed by atoms with van der Waals surface area (Å²) in [5.41, 5.74) is 7.01. The fourth-order valence-electron chi connectivity index (χ4n) is 2.65. The van der Waals surface area contributed by atoms with Crippen molar-refractivity contribution in [3.05, 3.63) is 57.8 Å². The van der Waals surface area contributed by atoms with E-state index in [2.05, 4.69) is 44.3 Å². The Hall–Kier alpha value is -2.16. The average molecular weight is 326 g/mol. The van der Waals surface area contributed by atoms with Gasteiger partial charge in [-0.25, -0.2) is 0 Å². The first kappa shape index (κ1) is 19.9. The fraction of sp³-hybridized carbons (Fsp3) is 0.429. The highest BCUT2D eigenvalue weighted by Gasteiger charge is 2.16. The first-order chi connectivity index (χ1) is 11.3. The predicted molar refractivity (Wildman–Crippen MR) is 106 cm³/mol. The molecule has 0 saturated carbocycles. The van der Waals surface area contributed by atoms with Crippen molar-refractivity contribution >= 4 is 11.9 Å². The summed E-state index contributed by atoms with van der Waals surface area (Å²) in [5.74, 6) is 0.373. The van der Waals surface area contributed by atoms with E-state index in [1.54, 1.807) is 0 Å². The topological polar surface area (TPSA) is 59.7 Å². The molecule has 0 radical (unpaired) electrons. The van der Waals surface area contributed by atoms with Crippen LogP contribution in [0.5, 0.6) is 0 Å². The van der Waals surface area contributed by atoms with Crippen molar-refractivity contribution in [2.24, 2.45) is 0 Å². The van der Waals surface area contributed by atoms with Crippen LogP contribution in [-0.4, -0.2) is 18.5 Å². The van der Waals surface area contributed by atoms with Crippen LogP contribution >= 0.6 is 0 Å². The van der Waals surface area contributed by atoms with Gasteiger partial charge in [0.2, 0.25) is 0 Å². The van der Waals surface area contributed by atoms with Crippen LogP contribution in [-0.2, 0) is 0 Å². The minimum absolute atomic E-state index is 0.373. The lowest BCUT2D eigenvalue weighted by molar-refractivity contribution is 0.861. The number of hydrogen-bond donors (Lipinski definition) is 3. The second kappa shape index (κ2) is 9.21. The molecule has 0 saturated heterocycles.